The molecule has 1 amide bonds. The zero-order chi connectivity index (χ0) is 19.9. The molecule has 0 spiro atoms. The molecule has 0 aliphatic carbocycles. The van der Waals surface area contributed by atoms with Gasteiger partial charge >= 0.3 is 6.09 Å². The van der Waals surface area contributed by atoms with E-state index in [2.05, 4.69) is 17.3 Å². The molecule has 0 radical (unpaired) electrons. The molecule has 1 heterocycles. The minimum absolute atomic E-state index is 0.423. The molecule has 3 aromatic rings. The van der Waals surface area contributed by atoms with Gasteiger partial charge in [-0.3, -0.25) is 0 Å². The average Bonchev–Trinajstić information content (AvgIpc) is 3.08. The first-order valence-corrected chi connectivity index (χ1v) is 9.86. The Morgan fingerprint density at radius 2 is 1.89 bits per heavy atom. The summed E-state index contributed by atoms with van der Waals surface area (Å²) in [4.78, 5) is 12.2. The third-order valence-corrected chi connectivity index (χ3v) is 4.93. The molecule has 0 bridgehead atoms. The van der Waals surface area contributed by atoms with Crippen molar-refractivity contribution in [3.05, 3.63) is 76.0 Å². The van der Waals surface area contributed by atoms with E-state index in [1.807, 2.05) is 41.1 Å². The highest BCUT2D eigenvalue weighted by molar-refractivity contribution is 6.42. The van der Waals surface area contributed by atoms with Crippen molar-refractivity contribution in [2.45, 2.75) is 26.2 Å². The number of ether oxygens (including phenoxy) is 1. The van der Waals surface area contributed by atoms with E-state index in [9.17, 15) is 4.79 Å². The predicted octanol–water partition coefficient (Wildman–Crippen LogP) is 5.46. The number of benzene rings is 2. The van der Waals surface area contributed by atoms with Crippen LogP contribution in [0.3, 0.4) is 0 Å². The van der Waals surface area contributed by atoms with E-state index in [1.54, 1.807) is 18.3 Å². The number of para-hydroxylation sites is 1. The van der Waals surface area contributed by atoms with Crippen LogP contribution in [0.1, 0.15) is 24.6 Å². The number of halogens is 2. The summed E-state index contributed by atoms with van der Waals surface area (Å²) in [6, 6.07) is 15.2. The molecule has 146 valence electrons. The summed E-state index contributed by atoms with van der Waals surface area (Å²) < 4.78 is 7.31. The quantitative estimate of drug-likeness (QED) is 0.554. The number of nitrogens with zero attached hydrogens (tertiary/aromatic N) is 2. The van der Waals surface area contributed by atoms with Crippen molar-refractivity contribution in [2.75, 3.05) is 6.54 Å². The van der Waals surface area contributed by atoms with Gasteiger partial charge in [-0.1, -0.05) is 60.8 Å². The fourth-order valence-electron chi connectivity index (χ4n) is 2.84. The van der Waals surface area contributed by atoms with Crippen molar-refractivity contribution in [3.8, 4) is 11.4 Å². The first kappa shape index (κ1) is 20.2. The monoisotopic (exact) mass is 417 g/mol. The van der Waals surface area contributed by atoms with Crippen LogP contribution in [0.2, 0.25) is 10.0 Å². The number of aromatic nitrogens is 2. The van der Waals surface area contributed by atoms with Crippen LogP contribution in [0.25, 0.3) is 5.69 Å². The largest absolute Gasteiger partial charge is 0.412 e. The minimum atomic E-state index is -0.509. The van der Waals surface area contributed by atoms with E-state index in [0.717, 1.165) is 29.8 Å². The fraction of sp³-hybridized carbons (Fsp3) is 0.238. The number of hydrogen-bond donors (Lipinski definition) is 1. The van der Waals surface area contributed by atoms with Crippen LogP contribution in [-0.2, 0) is 12.8 Å². The Morgan fingerprint density at radius 3 is 2.61 bits per heavy atom. The second kappa shape index (κ2) is 9.62. The molecule has 0 saturated heterocycles. The highest BCUT2D eigenvalue weighted by atomic mass is 35.5. The molecule has 2 aromatic carbocycles. The van der Waals surface area contributed by atoms with Crippen LogP contribution in [-0.4, -0.2) is 22.4 Å². The highest BCUT2D eigenvalue weighted by Gasteiger charge is 2.16. The van der Waals surface area contributed by atoms with Gasteiger partial charge in [0.25, 0.3) is 0 Å². The van der Waals surface area contributed by atoms with E-state index in [1.165, 1.54) is 0 Å². The topological polar surface area (TPSA) is 56.1 Å². The van der Waals surface area contributed by atoms with Gasteiger partial charge in [0.1, 0.15) is 0 Å². The van der Waals surface area contributed by atoms with Crippen molar-refractivity contribution < 1.29 is 9.53 Å². The number of hydrogen-bond acceptors (Lipinski definition) is 3. The van der Waals surface area contributed by atoms with E-state index in [-0.39, 0.29) is 0 Å². The van der Waals surface area contributed by atoms with Crippen molar-refractivity contribution >= 4 is 29.3 Å². The van der Waals surface area contributed by atoms with Gasteiger partial charge in [0.05, 0.1) is 27.6 Å². The zero-order valence-corrected chi connectivity index (χ0v) is 17.0. The molecule has 0 aliphatic rings. The summed E-state index contributed by atoms with van der Waals surface area (Å²) in [6.07, 6.45) is 3.35. The van der Waals surface area contributed by atoms with Gasteiger partial charge in [0.15, 0.2) is 5.75 Å². The predicted molar refractivity (Wildman–Crippen MR) is 112 cm³/mol. The molecule has 0 saturated carbocycles. The first-order valence-electron chi connectivity index (χ1n) is 9.10. The van der Waals surface area contributed by atoms with Gasteiger partial charge in [-0.15, -0.1) is 0 Å². The Hall–Kier alpha value is -2.50. The number of amides is 1. The zero-order valence-electron chi connectivity index (χ0n) is 15.5. The molecule has 0 unspecified atom stereocenters. The van der Waals surface area contributed by atoms with Gasteiger partial charge in [0, 0.05) is 6.54 Å². The Labute approximate surface area is 174 Å². The molecule has 3 rings (SSSR count). The van der Waals surface area contributed by atoms with E-state index >= 15 is 0 Å². The average molecular weight is 418 g/mol. The second-order valence-corrected chi connectivity index (χ2v) is 7.08. The molecule has 0 fully saturated rings. The number of carbonyl (C=O) groups is 1. The molecule has 1 N–H and O–H groups in total. The van der Waals surface area contributed by atoms with E-state index in [0.29, 0.717) is 28.8 Å². The number of nitrogens with one attached hydrogen (secondary N) is 1. The van der Waals surface area contributed by atoms with Gasteiger partial charge in [-0.05, 0) is 42.7 Å². The molecule has 0 atom stereocenters. The van der Waals surface area contributed by atoms with Crippen LogP contribution in [0.4, 0.5) is 4.79 Å². The van der Waals surface area contributed by atoms with Gasteiger partial charge < -0.3 is 10.1 Å². The maximum Gasteiger partial charge on any atom is 0.412 e. The molecule has 5 nitrogen and oxygen atoms in total. The molecule has 1 aromatic heterocycles. The van der Waals surface area contributed by atoms with Crippen LogP contribution < -0.4 is 10.1 Å². The molecule has 7 heteroatoms. The Bertz CT molecular complexity index is 942. The van der Waals surface area contributed by atoms with Crippen LogP contribution in [0.5, 0.6) is 5.75 Å². The molecular weight excluding hydrogens is 397 g/mol. The SMILES string of the molecule is CCCc1c(OC(=O)NCCc2ccc(Cl)c(Cl)c2)cnn1-c1ccccc1. The normalized spacial score (nSPS) is 10.7. The lowest BCUT2D eigenvalue weighted by atomic mass is 10.1. The standard InChI is InChI=1S/C21H21Cl2N3O2/c1-2-6-19-20(14-25-26(19)16-7-4-3-5-8-16)28-21(27)24-12-11-15-9-10-17(22)18(23)13-15/h3-5,7-10,13-14H,2,6,11-12H2,1H3,(H,24,27). The number of carbonyl (C=O) groups excluding carboxylic acids is 1. The molecule has 0 aliphatic heterocycles. The summed E-state index contributed by atoms with van der Waals surface area (Å²) in [5, 5.41) is 8.16. The van der Waals surface area contributed by atoms with Crippen LogP contribution in [0, 0.1) is 0 Å². The third kappa shape index (κ3) is 5.06. The second-order valence-electron chi connectivity index (χ2n) is 6.27. The smallest absolute Gasteiger partial charge is 0.407 e. The Kier molecular flexibility index (Phi) is 6.95. The van der Waals surface area contributed by atoms with Gasteiger partial charge in [-0.2, -0.15) is 5.10 Å². The Morgan fingerprint density at radius 1 is 1.11 bits per heavy atom. The van der Waals surface area contributed by atoms with Gasteiger partial charge in [0.2, 0.25) is 0 Å². The first-order chi connectivity index (χ1) is 13.6. The maximum absolute atomic E-state index is 12.2. The summed E-state index contributed by atoms with van der Waals surface area (Å²) in [5.41, 5.74) is 2.78. The Balaban J connectivity index is 1.62. The lowest BCUT2D eigenvalue weighted by Gasteiger charge is -2.10. The molecule has 28 heavy (non-hydrogen) atoms. The minimum Gasteiger partial charge on any atom is -0.407 e. The lowest BCUT2D eigenvalue weighted by molar-refractivity contribution is 0.200. The third-order valence-electron chi connectivity index (χ3n) is 4.19. The van der Waals surface area contributed by atoms with Crippen LogP contribution in [0.15, 0.2) is 54.7 Å². The van der Waals surface area contributed by atoms with Gasteiger partial charge in [-0.25, -0.2) is 9.48 Å². The summed E-state index contributed by atoms with van der Waals surface area (Å²) >= 11 is 11.9. The lowest BCUT2D eigenvalue weighted by Crippen LogP contribution is -2.29. The van der Waals surface area contributed by atoms with Crippen molar-refractivity contribution in [2.24, 2.45) is 0 Å². The summed E-state index contributed by atoms with van der Waals surface area (Å²) in [7, 11) is 0. The summed E-state index contributed by atoms with van der Waals surface area (Å²) in [5.74, 6) is 0.470. The van der Waals surface area contributed by atoms with E-state index in [4.69, 9.17) is 27.9 Å². The van der Waals surface area contributed by atoms with Crippen molar-refractivity contribution in [3.63, 3.8) is 0 Å². The van der Waals surface area contributed by atoms with Crippen LogP contribution >= 0.6 is 23.2 Å². The van der Waals surface area contributed by atoms with Crippen molar-refractivity contribution in [1.82, 2.24) is 15.1 Å². The van der Waals surface area contributed by atoms with Crippen molar-refractivity contribution in [1.29, 1.82) is 0 Å². The maximum atomic E-state index is 12.2. The number of rotatable bonds is 7. The molecular formula is C21H21Cl2N3O2. The van der Waals surface area contributed by atoms with E-state index < -0.39 is 6.09 Å². The fourth-order valence-corrected chi connectivity index (χ4v) is 3.16. The summed E-state index contributed by atoms with van der Waals surface area (Å²) in [6.45, 7) is 2.50. The highest BCUT2D eigenvalue weighted by Crippen LogP contribution is 2.24.